The lowest BCUT2D eigenvalue weighted by Gasteiger charge is -2.34. The molecular weight excluding hydrogens is 350 g/mol. The number of ketones is 1. The van der Waals surface area contributed by atoms with Crippen molar-refractivity contribution in [3.63, 3.8) is 0 Å². The summed E-state index contributed by atoms with van der Waals surface area (Å²) in [5.74, 6) is 1.25. The van der Waals surface area contributed by atoms with Gasteiger partial charge in [0, 0.05) is 23.0 Å². The maximum Gasteiger partial charge on any atom is 0.218 e. The van der Waals surface area contributed by atoms with Crippen molar-refractivity contribution in [2.45, 2.75) is 39.7 Å². The lowest BCUT2D eigenvalue weighted by Crippen LogP contribution is -3.15. The zero-order valence-corrected chi connectivity index (χ0v) is 17.3. The van der Waals surface area contributed by atoms with Crippen molar-refractivity contribution in [3.05, 3.63) is 47.3 Å². The molecule has 150 valence electrons. The van der Waals surface area contributed by atoms with Gasteiger partial charge in [-0.25, -0.2) is 0 Å². The quantitative estimate of drug-likeness (QED) is 0.748. The van der Waals surface area contributed by atoms with Crippen molar-refractivity contribution in [1.82, 2.24) is 4.57 Å². The highest BCUT2D eigenvalue weighted by atomic mass is 16.5. The van der Waals surface area contributed by atoms with Crippen LogP contribution in [0.1, 0.15) is 47.6 Å². The van der Waals surface area contributed by atoms with Gasteiger partial charge in [0.15, 0.2) is 0 Å². The van der Waals surface area contributed by atoms with E-state index in [9.17, 15) is 4.79 Å². The van der Waals surface area contributed by atoms with Crippen LogP contribution in [-0.4, -0.2) is 49.7 Å². The maximum absolute atomic E-state index is 13.0. The Balaban J connectivity index is 1.37. The van der Waals surface area contributed by atoms with Crippen LogP contribution in [0.25, 0.3) is 0 Å². The van der Waals surface area contributed by atoms with E-state index < -0.39 is 0 Å². The van der Waals surface area contributed by atoms with E-state index in [2.05, 4.69) is 41.5 Å². The Bertz CT molecular complexity index is 846. The molecule has 2 fully saturated rings. The number of rotatable bonds is 7. The smallest absolute Gasteiger partial charge is 0.218 e. The highest BCUT2D eigenvalue weighted by Crippen LogP contribution is 2.38. The van der Waals surface area contributed by atoms with Crippen LogP contribution in [0.4, 0.5) is 5.69 Å². The van der Waals surface area contributed by atoms with Crippen LogP contribution < -0.4 is 14.5 Å². The van der Waals surface area contributed by atoms with Gasteiger partial charge in [-0.2, -0.15) is 0 Å². The maximum atomic E-state index is 13.0. The number of hydrogen-bond acceptors (Lipinski definition) is 3. The van der Waals surface area contributed by atoms with Crippen molar-refractivity contribution in [2.24, 2.45) is 0 Å². The van der Waals surface area contributed by atoms with E-state index in [1.807, 2.05) is 19.1 Å². The molecule has 2 aromatic rings. The second-order valence-corrected chi connectivity index (χ2v) is 8.12. The summed E-state index contributed by atoms with van der Waals surface area (Å²) in [6, 6.07) is 11.0. The fourth-order valence-corrected chi connectivity index (χ4v) is 4.51. The van der Waals surface area contributed by atoms with E-state index in [0.29, 0.717) is 19.2 Å². The summed E-state index contributed by atoms with van der Waals surface area (Å²) < 4.78 is 8.15. The van der Waals surface area contributed by atoms with E-state index in [4.69, 9.17) is 4.74 Å². The molecule has 0 radical (unpaired) electrons. The number of ether oxygens (including phenoxy) is 1. The van der Waals surface area contributed by atoms with Crippen LogP contribution in [0.2, 0.25) is 0 Å². The molecule has 0 atom stereocenters. The first-order chi connectivity index (χ1) is 13.6. The number of quaternary nitrogens is 1. The van der Waals surface area contributed by atoms with E-state index in [1.54, 1.807) is 0 Å². The van der Waals surface area contributed by atoms with Crippen molar-refractivity contribution >= 4 is 11.5 Å². The third-order valence-electron chi connectivity index (χ3n) is 6.08. The first-order valence-electron chi connectivity index (χ1n) is 10.6. The number of anilines is 1. The fourth-order valence-electron chi connectivity index (χ4n) is 4.51. The Hall–Kier alpha value is -2.27. The SMILES string of the molecule is CCOc1ccccc1N1CC[NH+](CC(=O)c2cc(C)n(C3CC3)c2C)CC1. The van der Waals surface area contributed by atoms with Crippen molar-refractivity contribution < 1.29 is 14.4 Å². The number of para-hydroxylation sites is 2. The third-order valence-corrected chi connectivity index (χ3v) is 6.08. The zero-order valence-electron chi connectivity index (χ0n) is 17.3. The average molecular weight is 383 g/mol. The molecule has 1 N–H and O–H groups in total. The number of aromatic nitrogens is 1. The Morgan fingerprint density at radius 3 is 2.57 bits per heavy atom. The predicted molar refractivity (Wildman–Crippen MR) is 112 cm³/mol. The van der Waals surface area contributed by atoms with Gasteiger partial charge in [-0.1, -0.05) is 12.1 Å². The molecule has 1 aliphatic carbocycles. The topological polar surface area (TPSA) is 38.9 Å². The van der Waals surface area contributed by atoms with Gasteiger partial charge < -0.3 is 19.1 Å². The van der Waals surface area contributed by atoms with Crippen molar-refractivity contribution in [3.8, 4) is 5.75 Å². The largest absolute Gasteiger partial charge is 0.492 e. The molecular formula is C23H32N3O2+. The molecule has 0 bridgehead atoms. The molecule has 1 aromatic carbocycles. The Labute approximate surface area is 167 Å². The second kappa shape index (κ2) is 8.00. The summed E-state index contributed by atoms with van der Waals surface area (Å²) in [5.41, 5.74) is 4.49. The average Bonchev–Trinajstić information content (AvgIpc) is 3.48. The van der Waals surface area contributed by atoms with Crippen LogP contribution in [-0.2, 0) is 0 Å². The number of carbonyl (C=O) groups excluding carboxylic acids is 1. The van der Waals surface area contributed by atoms with Crippen LogP contribution in [0.15, 0.2) is 30.3 Å². The number of nitrogens with one attached hydrogen (secondary N) is 1. The number of carbonyl (C=O) groups is 1. The minimum atomic E-state index is 0.290. The fraction of sp³-hybridized carbons (Fsp3) is 0.522. The Morgan fingerprint density at radius 2 is 1.89 bits per heavy atom. The van der Waals surface area contributed by atoms with Crippen molar-refractivity contribution in [2.75, 3.05) is 44.2 Å². The van der Waals surface area contributed by atoms with E-state index in [1.165, 1.54) is 29.1 Å². The first kappa shape index (κ1) is 19.1. The van der Waals surface area contributed by atoms with Crippen LogP contribution >= 0.6 is 0 Å². The highest BCUT2D eigenvalue weighted by molar-refractivity contribution is 5.98. The van der Waals surface area contributed by atoms with Gasteiger partial charge >= 0.3 is 0 Å². The summed E-state index contributed by atoms with van der Waals surface area (Å²) in [4.78, 5) is 16.7. The van der Waals surface area contributed by atoms with Gasteiger partial charge in [-0.05, 0) is 51.8 Å². The number of Topliss-reactive ketones (excluding diaryl/α,β-unsaturated/α-hetero) is 1. The minimum absolute atomic E-state index is 0.290. The van der Waals surface area contributed by atoms with Gasteiger partial charge in [-0.3, -0.25) is 4.79 Å². The molecule has 0 unspecified atom stereocenters. The van der Waals surface area contributed by atoms with E-state index >= 15 is 0 Å². The molecule has 5 nitrogen and oxygen atoms in total. The molecule has 0 spiro atoms. The van der Waals surface area contributed by atoms with Gasteiger partial charge in [0.05, 0.1) is 38.5 Å². The third kappa shape index (κ3) is 3.81. The van der Waals surface area contributed by atoms with Gasteiger partial charge in [0.1, 0.15) is 12.3 Å². The lowest BCUT2D eigenvalue weighted by molar-refractivity contribution is -0.892. The standard InChI is InChI=1S/C23H31N3O2/c1-4-28-23-8-6-5-7-21(23)25-13-11-24(12-14-25)16-22(27)20-15-17(2)26(18(20)3)19-9-10-19/h5-8,15,19H,4,9-14,16H2,1-3H3/p+1. The summed E-state index contributed by atoms with van der Waals surface area (Å²) in [5, 5.41) is 0. The number of piperazine rings is 1. The molecule has 28 heavy (non-hydrogen) atoms. The van der Waals surface area contributed by atoms with Crippen LogP contribution in [0.3, 0.4) is 0 Å². The molecule has 0 amide bonds. The Kier molecular flexibility index (Phi) is 5.44. The Morgan fingerprint density at radius 1 is 1.18 bits per heavy atom. The number of nitrogens with zero attached hydrogens (tertiary/aromatic N) is 2. The number of hydrogen-bond donors (Lipinski definition) is 1. The van der Waals surface area contributed by atoms with Gasteiger partial charge in [0.2, 0.25) is 5.78 Å². The van der Waals surface area contributed by atoms with Gasteiger partial charge in [0.25, 0.3) is 0 Å². The zero-order chi connectivity index (χ0) is 19.7. The minimum Gasteiger partial charge on any atom is -0.492 e. The monoisotopic (exact) mass is 382 g/mol. The molecule has 2 heterocycles. The molecule has 1 aromatic heterocycles. The van der Waals surface area contributed by atoms with Crippen molar-refractivity contribution in [1.29, 1.82) is 0 Å². The van der Waals surface area contributed by atoms with E-state index in [0.717, 1.165) is 43.2 Å². The first-order valence-corrected chi connectivity index (χ1v) is 10.6. The number of aryl methyl sites for hydroxylation is 1. The summed E-state index contributed by atoms with van der Waals surface area (Å²) in [6.45, 7) is 11.4. The highest BCUT2D eigenvalue weighted by Gasteiger charge is 2.30. The van der Waals surface area contributed by atoms with Crippen LogP contribution in [0.5, 0.6) is 5.75 Å². The molecule has 1 saturated carbocycles. The molecule has 5 heteroatoms. The molecule has 2 aliphatic rings. The van der Waals surface area contributed by atoms with E-state index in [-0.39, 0.29) is 5.78 Å². The van der Waals surface area contributed by atoms with Crippen LogP contribution in [0, 0.1) is 13.8 Å². The van der Waals surface area contributed by atoms with Gasteiger partial charge in [-0.15, -0.1) is 0 Å². The molecule has 1 aliphatic heterocycles. The normalized spacial score (nSPS) is 17.8. The lowest BCUT2D eigenvalue weighted by atomic mass is 10.1. The molecule has 4 rings (SSSR count). The second-order valence-electron chi connectivity index (χ2n) is 8.12. The predicted octanol–water partition coefficient (Wildman–Crippen LogP) is 2.43. The summed E-state index contributed by atoms with van der Waals surface area (Å²) in [7, 11) is 0. The molecule has 1 saturated heterocycles. The summed E-state index contributed by atoms with van der Waals surface area (Å²) in [6.07, 6.45) is 2.50. The number of benzene rings is 1. The summed E-state index contributed by atoms with van der Waals surface area (Å²) >= 11 is 0.